The van der Waals surface area contributed by atoms with Crippen molar-refractivity contribution in [2.75, 3.05) is 13.2 Å². The van der Waals surface area contributed by atoms with Gasteiger partial charge in [0.25, 0.3) is 0 Å². The number of hydrogen-bond acceptors (Lipinski definition) is 5. The number of aliphatic hydroxyl groups is 1. The van der Waals surface area contributed by atoms with Gasteiger partial charge in [-0.1, -0.05) is 41.9 Å². The largest absolute Gasteiger partial charge is 0.470 e. The van der Waals surface area contributed by atoms with E-state index in [9.17, 15) is 5.11 Å². The Hall–Kier alpha value is -2.12. The van der Waals surface area contributed by atoms with Crippen LogP contribution in [0.15, 0.2) is 42.5 Å². The lowest BCUT2D eigenvalue weighted by molar-refractivity contribution is 0.00794. The van der Waals surface area contributed by atoms with Gasteiger partial charge in [0.15, 0.2) is 12.0 Å². The number of hydrogen-bond donors (Lipinski definition) is 2. The van der Waals surface area contributed by atoms with E-state index in [-0.39, 0.29) is 24.9 Å². The molecule has 6 nitrogen and oxygen atoms in total. The van der Waals surface area contributed by atoms with E-state index in [4.69, 9.17) is 25.8 Å². The van der Waals surface area contributed by atoms with Crippen LogP contribution in [0.25, 0.3) is 22.3 Å². The lowest BCUT2D eigenvalue weighted by Gasteiger charge is -2.16. The molecule has 0 spiro atoms. The Kier molecular flexibility index (Phi) is 3.86. The van der Waals surface area contributed by atoms with Crippen molar-refractivity contribution < 1.29 is 19.3 Å². The maximum atomic E-state index is 9.83. The average Bonchev–Trinajstić information content (AvgIpc) is 3.32. The highest BCUT2D eigenvalue weighted by Crippen LogP contribution is 2.33. The Balaban J connectivity index is 1.43. The van der Waals surface area contributed by atoms with Crippen LogP contribution < -0.4 is 4.74 Å². The van der Waals surface area contributed by atoms with Gasteiger partial charge in [-0.15, -0.1) is 0 Å². The Morgan fingerprint density at radius 3 is 2.77 bits per heavy atom. The van der Waals surface area contributed by atoms with E-state index in [2.05, 4.69) is 9.97 Å². The molecule has 2 saturated heterocycles. The first-order chi connectivity index (χ1) is 12.7. The van der Waals surface area contributed by atoms with Gasteiger partial charge in [-0.2, -0.15) is 0 Å². The summed E-state index contributed by atoms with van der Waals surface area (Å²) in [5.74, 6) is 0.577. The molecule has 2 aliphatic rings. The summed E-state index contributed by atoms with van der Waals surface area (Å²) in [6.45, 7) is 0.657. The molecule has 26 heavy (non-hydrogen) atoms. The molecule has 0 radical (unpaired) electrons. The standard InChI is InChI=1S/C19H17ClN2O4/c20-11-6-12-13(22-17(11)10-4-2-1-3-5-10)7-16(21-12)26-15-9-25-18-14(23)8-24-19(15)18/h1-7,14-15,18-19,21,23H,8-9H2/t14-,15-,18-,19-/m1/s1. The van der Waals surface area contributed by atoms with Crippen LogP contribution in [0.5, 0.6) is 5.88 Å². The van der Waals surface area contributed by atoms with E-state index < -0.39 is 6.10 Å². The first-order valence-corrected chi connectivity index (χ1v) is 8.89. The Bertz CT molecular complexity index is 945. The molecule has 134 valence electrons. The molecule has 2 aliphatic heterocycles. The van der Waals surface area contributed by atoms with E-state index >= 15 is 0 Å². The maximum absolute atomic E-state index is 9.83. The third-order valence-electron chi connectivity index (χ3n) is 4.84. The number of ether oxygens (including phenoxy) is 3. The van der Waals surface area contributed by atoms with Crippen LogP contribution in [0.1, 0.15) is 0 Å². The summed E-state index contributed by atoms with van der Waals surface area (Å²) in [6, 6.07) is 13.5. The van der Waals surface area contributed by atoms with Crippen LogP contribution >= 0.6 is 11.6 Å². The molecule has 7 heteroatoms. The minimum atomic E-state index is -0.592. The summed E-state index contributed by atoms with van der Waals surface area (Å²) in [4.78, 5) is 7.86. The summed E-state index contributed by atoms with van der Waals surface area (Å²) in [7, 11) is 0. The summed E-state index contributed by atoms with van der Waals surface area (Å²) in [6.07, 6.45) is -1.44. The van der Waals surface area contributed by atoms with Crippen molar-refractivity contribution in [3.63, 3.8) is 0 Å². The number of aliphatic hydroxyl groups excluding tert-OH is 1. The molecule has 1 aromatic carbocycles. The van der Waals surface area contributed by atoms with Gasteiger partial charge in [0.2, 0.25) is 0 Å². The van der Waals surface area contributed by atoms with Crippen LogP contribution in [0.3, 0.4) is 0 Å². The molecule has 0 aliphatic carbocycles. The minimum absolute atomic E-state index is 0.257. The van der Waals surface area contributed by atoms with Crippen molar-refractivity contribution in [3.05, 3.63) is 47.5 Å². The molecule has 2 aromatic heterocycles. The van der Waals surface area contributed by atoms with E-state index in [0.29, 0.717) is 17.5 Å². The second-order valence-electron chi connectivity index (χ2n) is 6.57. The monoisotopic (exact) mass is 372 g/mol. The average molecular weight is 373 g/mol. The molecule has 0 bridgehead atoms. The SMILES string of the molecule is O[C@@H]1CO[C@H]2[C@@H]1OC[C@H]2Oc1cc2nc(-c3ccccc3)c(Cl)cc2[nH]1. The fourth-order valence-corrected chi connectivity index (χ4v) is 3.84. The van der Waals surface area contributed by atoms with E-state index in [1.165, 1.54) is 0 Å². The Morgan fingerprint density at radius 2 is 1.92 bits per heavy atom. The van der Waals surface area contributed by atoms with Crippen LogP contribution in [0.4, 0.5) is 0 Å². The first-order valence-electron chi connectivity index (χ1n) is 8.51. The highest BCUT2D eigenvalue weighted by molar-refractivity contribution is 6.33. The number of halogens is 1. The third kappa shape index (κ3) is 2.66. The molecule has 2 fully saturated rings. The van der Waals surface area contributed by atoms with Crippen molar-refractivity contribution in [1.82, 2.24) is 9.97 Å². The van der Waals surface area contributed by atoms with E-state index in [1.54, 1.807) is 0 Å². The lowest BCUT2D eigenvalue weighted by Crippen LogP contribution is -2.34. The molecular weight excluding hydrogens is 356 g/mol. The van der Waals surface area contributed by atoms with E-state index in [0.717, 1.165) is 22.3 Å². The number of nitrogens with zero attached hydrogens (tertiary/aromatic N) is 1. The van der Waals surface area contributed by atoms with Crippen molar-refractivity contribution >= 4 is 22.6 Å². The number of fused-ring (bicyclic) bond motifs is 2. The van der Waals surface area contributed by atoms with Gasteiger partial charge in [0.05, 0.1) is 35.0 Å². The number of aromatic nitrogens is 2. The summed E-state index contributed by atoms with van der Waals surface area (Å²) in [5, 5.41) is 10.4. The summed E-state index contributed by atoms with van der Waals surface area (Å²) in [5.41, 5.74) is 3.26. The smallest absolute Gasteiger partial charge is 0.193 e. The van der Waals surface area contributed by atoms with Crippen molar-refractivity contribution in [3.8, 4) is 17.1 Å². The second-order valence-corrected chi connectivity index (χ2v) is 6.98. The van der Waals surface area contributed by atoms with Crippen molar-refractivity contribution in [2.24, 2.45) is 0 Å². The number of H-pyrrole nitrogens is 1. The minimum Gasteiger partial charge on any atom is -0.470 e. The molecule has 4 heterocycles. The maximum Gasteiger partial charge on any atom is 0.193 e. The fourth-order valence-electron chi connectivity index (χ4n) is 3.58. The highest BCUT2D eigenvalue weighted by atomic mass is 35.5. The van der Waals surface area contributed by atoms with Gasteiger partial charge < -0.3 is 24.3 Å². The number of benzene rings is 1. The van der Waals surface area contributed by atoms with Crippen LogP contribution in [-0.4, -0.2) is 52.7 Å². The Morgan fingerprint density at radius 1 is 1.12 bits per heavy atom. The van der Waals surface area contributed by atoms with Gasteiger partial charge in [-0.05, 0) is 6.07 Å². The molecule has 0 saturated carbocycles. The van der Waals surface area contributed by atoms with Crippen LogP contribution in [-0.2, 0) is 9.47 Å². The normalized spacial score (nSPS) is 27.8. The van der Waals surface area contributed by atoms with Gasteiger partial charge in [-0.3, -0.25) is 0 Å². The van der Waals surface area contributed by atoms with Gasteiger partial charge in [0.1, 0.15) is 18.3 Å². The molecule has 0 amide bonds. The topological polar surface area (TPSA) is 76.6 Å². The zero-order valence-corrected chi connectivity index (χ0v) is 14.5. The van der Waals surface area contributed by atoms with Gasteiger partial charge >= 0.3 is 0 Å². The number of pyridine rings is 1. The third-order valence-corrected chi connectivity index (χ3v) is 5.13. The molecule has 2 N–H and O–H groups in total. The van der Waals surface area contributed by atoms with Crippen LogP contribution in [0.2, 0.25) is 5.02 Å². The first kappa shape index (κ1) is 16.1. The summed E-state index contributed by atoms with van der Waals surface area (Å²) < 4.78 is 17.2. The molecule has 5 rings (SSSR count). The number of rotatable bonds is 3. The predicted molar refractivity (Wildman–Crippen MR) is 96.4 cm³/mol. The van der Waals surface area contributed by atoms with Crippen molar-refractivity contribution in [1.29, 1.82) is 0 Å². The lowest BCUT2D eigenvalue weighted by atomic mass is 10.1. The highest BCUT2D eigenvalue weighted by Gasteiger charge is 2.48. The van der Waals surface area contributed by atoms with Gasteiger partial charge in [0, 0.05) is 11.6 Å². The quantitative estimate of drug-likeness (QED) is 0.739. The van der Waals surface area contributed by atoms with Crippen LogP contribution in [0, 0.1) is 0 Å². The fraction of sp³-hybridized carbons (Fsp3) is 0.316. The number of nitrogens with one attached hydrogen (secondary N) is 1. The zero-order chi connectivity index (χ0) is 17.7. The number of aromatic amines is 1. The predicted octanol–water partition coefficient (Wildman–Crippen LogP) is 2.79. The van der Waals surface area contributed by atoms with E-state index in [1.807, 2.05) is 42.5 Å². The van der Waals surface area contributed by atoms with Gasteiger partial charge in [-0.25, -0.2) is 4.98 Å². The molecule has 0 unspecified atom stereocenters. The summed E-state index contributed by atoms with van der Waals surface area (Å²) >= 11 is 6.42. The molecule has 4 atom stereocenters. The van der Waals surface area contributed by atoms with Crippen molar-refractivity contribution in [2.45, 2.75) is 24.4 Å². The Labute approximate surface area is 154 Å². The zero-order valence-electron chi connectivity index (χ0n) is 13.8. The second kappa shape index (κ2) is 6.25. The molecule has 3 aromatic rings. The molecular formula is C19H17ClN2O4.